The summed E-state index contributed by atoms with van der Waals surface area (Å²) in [4.78, 5) is 40.4. The van der Waals surface area contributed by atoms with Gasteiger partial charge in [-0.05, 0) is 88.5 Å². The molecule has 6 heteroatoms. The number of thioether (sulfide) groups is 1. The van der Waals surface area contributed by atoms with Gasteiger partial charge in [-0.25, -0.2) is 0 Å². The number of likely N-dealkylation sites (tertiary alicyclic amines) is 1. The summed E-state index contributed by atoms with van der Waals surface area (Å²) in [6, 6.07) is 12.0. The Morgan fingerprint density at radius 2 is 1.63 bits per heavy atom. The number of hydrogen-bond donors (Lipinski definition) is 0. The quantitative estimate of drug-likeness (QED) is 0.331. The zero-order valence-corrected chi connectivity index (χ0v) is 22.8. The van der Waals surface area contributed by atoms with Crippen LogP contribution in [0.25, 0.3) is 0 Å². The summed E-state index contributed by atoms with van der Waals surface area (Å²) in [5.41, 5.74) is 2.99. The molecule has 1 fully saturated rings. The molecule has 3 rings (SSSR count). The monoisotopic (exact) mass is 495 g/mol. The lowest BCUT2D eigenvalue weighted by Crippen LogP contribution is -2.36. The number of aryl methyl sites for hydroxylation is 3. The van der Waals surface area contributed by atoms with E-state index in [0.717, 1.165) is 34.6 Å². The second-order valence-corrected chi connectivity index (χ2v) is 11.0. The van der Waals surface area contributed by atoms with Crippen LogP contribution in [0.3, 0.4) is 0 Å². The van der Waals surface area contributed by atoms with Crippen molar-refractivity contribution in [3.05, 3.63) is 58.7 Å². The molecule has 2 aromatic rings. The largest absolute Gasteiger partial charge is 0.480 e. The molecule has 1 heterocycles. The number of benzene rings is 2. The minimum absolute atomic E-state index is 0.0179. The fraction of sp³-hybridized carbons (Fsp3) is 0.483. The Hall–Kier alpha value is -2.60. The molecule has 1 saturated heterocycles. The van der Waals surface area contributed by atoms with Crippen LogP contribution in [-0.2, 0) is 16.0 Å². The Morgan fingerprint density at radius 1 is 1.03 bits per heavy atom. The van der Waals surface area contributed by atoms with E-state index >= 15 is 0 Å². The van der Waals surface area contributed by atoms with Crippen molar-refractivity contribution in [2.45, 2.75) is 64.9 Å². The number of ether oxygens (including phenoxy) is 1. The van der Waals surface area contributed by atoms with Crippen LogP contribution in [-0.4, -0.2) is 47.3 Å². The Balaban J connectivity index is 1.76. The van der Waals surface area contributed by atoms with Crippen LogP contribution in [0, 0.1) is 25.7 Å². The molecule has 0 N–H and O–H groups in total. The number of carbonyl (C=O) groups is 3. The second kappa shape index (κ2) is 11.0. The van der Waals surface area contributed by atoms with Gasteiger partial charge in [0.1, 0.15) is 5.75 Å². The number of rotatable bonds is 9. The van der Waals surface area contributed by atoms with Crippen LogP contribution < -0.4 is 4.74 Å². The van der Waals surface area contributed by atoms with E-state index in [1.54, 1.807) is 44.4 Å². The highest BCUT2D eigenvalue weighted by Crippen LogP contribution is 2.33. The summed E-state index contributed by atoms with van der Waals surface area (Å²) in [5, 5.41) is 0. The molecular formula is C29H37NO4S. The lowest BCUT2D eigenvalue weighted by atomic mass is 9.84. The lowest BCUT2D eigenvalue weighted by molar-refractivity contribution is -0.129. The van der Waals surface area contributed by atoms with Crippen molar-refractivity contribution in [3.63, 3.8) is 0 Å². The maximum atomic E-state index is 13.4. The van der Waals surface area contributed by atoms with Crippen molar-refractivity contribution < 1.29 is 19.1 Å². The number of carbonyl (C=O) groups excluding carboxylic acids is 3. The summed E-state index contributed by atoms with van der Waals surface area (Å²) in [7, 11) is 0. The number of Topliss-reactive ketones (excluding diaryl/α,β-unsaturated/α-hetero) is 2. The van der Waals surface area contributed by atoms with E-state index in [1.165, 1.54) is 5.56 Å². The topological polar surface area (TPSA) is 63.7 Å². The van der Waals surface area contributed by atoms with Crippen molar-refractivity contribution >= 4 is 29.2 Å². The van der Waals surface area contributed by atoms with E-state index in [1.807, 2.05) is 44.4 Å². The summed E-state index contributed by atoms with van der Waals surface area (Å²) in [5.74, 6) is 0.785. The van der Waals surface area contributed by atoms with Gasteiger partial charge in [0.25, 0.3) is 0 Å². The van der Waals surface area contributed by atoms with Crippen LogP contribution in [0.4, 0.5) is 0 Å². The first-order valence-electron chi connectivity index (χ1n) is 12.2. The van der Waals surface area contributed by atoms with E-state index in [9.17, 15) is 14.4 Å². The molecular weight excluding hydrogens is 458 g/mol. The van der Waals surface area contributed by atoms with Crippen molar-refractivity contribution in [3.8, 4) is 5.75 Å². The SMILES string of the molecule is CSc1ccc(C(=O)[C@@H]2CN(C(C)=O)C[C@H]2CCc2cc(C)c(OC(C)(C)C(C)=O)c(C)c2)cc1. The first-order valence-corrected chi connectivity index (χ1v) is 13.4. The molecule has 1 amide bonds. The molecule has 0 unspecified atom stereocenters. The molecule has 0 aliphatic carbocycles. The molecule has 35 heavy (non-hydrogen) atoms. The van der Waals surface area contributed by atoms with Crippen LogP contribution in [0.1, 0.15) is 61.2 Å². The van der Waals surface area contributed by atoms with Crippen LogP contribution in [0.15, 0.2) is 41.3 Å². The molecule has 0 radical (unpaired) electrons. The molecule has 1 aliphatic heterocycles. The normalized spacial score (nSPS) is 18.0. The van der Waals surface area contributed by atoms with E-state index in [-0.39, 0.29) is 29.3 Å². The van der Waals surface area contributed by atoms with Gasteiger partial charge in [0.15, 0.2) is 17.2 Å². The fourth-order valence-electron chi connectivity index (χ4n) is 4.71. The smallest absolute Gasteiger partial charge is 0.219 e. The Kier molecular flexibility index (Phi) is 8.47. The highest BCUT2D eigenvalue weighted by molar-refractivity contribution is 7.98. The van der Waals surface area contributed by atoms with Crippen molar-refractivity contribution in [2.24, 2.45) is 11.8 Å². The molecule has 0 saturated carbocycles. The van der Waals surface area contributed by atoms with Crippen LogP contribution in [0.5, 0.6) is 5.75 Å². The highest BCUT2D eigenvalue weighted by Gasteiger charge is 2.38. The van der Waals surface area contributed by atoms with Crippen LogP contribution in [0.2, 0.25) is 0 Å². The zero-order chi connectivity index (χ0) is 25.9. The summed E-state index contributed by atoms with van der Waals surface area (Å²) in [6.07, 6.45) is 3.64. The van der Waals surface area contributed by atoms with Gasteiger partial charge in [-0.3, -0.25) is 14.4 Å². The number of nitrogens with zero attached hydrogens (tertiary/aromatic N) is 1. The van der Waals surface area contributed by atoms with Gasteiger partial charge in [0.05, 0.1) is 0 Å². The minimum atomic E-state index is -0.876. The zero-order valence-electron chi connectivity index (χ0n) is 21.9. The van der Waals surface area contributed by atoms with Crippen molar-refractivity contribution in [1.29, 1.82) is 0 Å². The second-order valence-electron chi connectivity index (χ2n) is 10.1. The van der Waals surface area contributed by atoms with E-state index in [4.69, 9.17) is 4.74 Å². The Labute approximate surface area is 213 Å². The number of amides is 1. The third-order valence-electron chi connectivity index (χ3n) is 7.13. The molecule has 5 nitrogen and oxygen atoms in total. The Morgan fingerprint density at radius 3 is 2.14 bits per heavy atom. The average Bonchev–Trinajstić information content (AvgIpc) is 3.24. The van der Waals surface area contributed by atoms with Gasteiger partial charge in [0, 0.05) is 36.4 Å². The maximum Gasteiger partial charge on any atom is 0.219 e. The third-order valence-corrected chi connectivity index (χ3v) is 7.87. The summed E-state index contributed by atoms with van der Waals surface area (Å²) in [6.45, 7) is 11.8. The third kappa shape index (κ3) is 6.35. The van der Waals surface area contributed by atoms with Gasteiger partial charge < -0.3 is 9.64 Å². The fourth-order valence-corrected chi connectivity index (χ4v) is 5.12. The van der Waals surface area contributed by atoms with Crippen molar-refractivity contribution in [1.82, 2.24) is 4.90 Å². The van der Waals surface area contributed by atoms with Gasteiger partial charge >= 0.3 is 0 Å². The molecule has 2 aromatic carbocycles. The van der Waals surface area contributed by atoms with Gasteiger partial charge in [-0.1, -0.05) is 24.3 Å². The highest BCUT2D eigenvalue weighted by atomic mass is 32.2. The first-order chi connectivity index (χ1) is 16.4. The van der Waals surface area contributed by atoms with Crippen molar-refractivity contribution in [2.75, 3.05) is 19.3 Å². The van der Waals surface area contributed by atoms with E-state index in [0.29, 0.717) is 18.7 Å². The van der Waals surface area contributed by atoms with Gasteiger partial charge in [-0.2, -0.15) is 0 Å². The summed E-state index contributed by atoms with van der Waals surface area (Å²) >= 11 is 1.65. The van der Waals surface area contributed by atoms with Gasteiger partial charge in [-0.15, -0.1) is 11.8 Å². The average molecular weight is 496 g/mol. The molecule has 0 spiro atoms. The van der Waals surface area contributed by atoms with Gasteiger partial charge in [0.2, 0.25) is 5.91 Å². The van der Waals surface area contributed by atoms with E-state index < -0.39 is 5.60 Å². The standard InChI is InChI=1S/C29H37NO4S/c1-18-14-22(15-19(2)28(18)34-29(5,6)20(3)31)8-9-24-16-30(21(4)32)17-26(24)27(33)23-10-12-25(35-7)13-11-23/h10-15,24,26H,8-9,16-17H2,1-7H3/t24-,26-/m1/s1. The maximum absolute atomic E-state index is 13.4. The molecule has 1 aliphatic rings. The molecule has 188 valence electrons. The molecule has 2 atom stereocenters. The summed E-state index contributed by atoms with van der Waals surface area (Å²) < 4.78 is 6.07. The Bertz CT molecular complexity index is 1080. The lowest BCUT2D eigenvalue weighted by Gasteiger charge is -2.26. The predicted octanol–water partition coefficient (Wildman–Crippen LogP) is 5.68. The first kappa shape index (κ1) is 27.0. The van der Waals surface area contributed by atoms with E-state index in [2.05, 4.69) is 12.1 Å². The van der Waals surface area contributed by atoms with Crippen LogP contribution >= 0.6 is 11.8 Å². The molecule has 0 aromatic heterocycles. The molecule has 0 bridgehead atoms. The number of hydrogen-bond acceptors (Lipinski definition) is 5. The number of ketones is 2. The predicted molar refractivity (Wildman–Crippen MR) is 141 cm³/mol. The minimum Gasteiger partial charge on any atom is -0.480 e.